The van der Waals surface area contributed by atoms with Crippen LogP contribution in [-0.2, 0) is 22.6 Å². The van der Waals surface area contributed by atoms with E-state index in [9.17, 15) is 9.59 Å². The summed E-state index contributed by atoms with van der Waals surface area (Å²) in [6.45, 7) is 6.03. The van der Waals surface area contributed by atoms with Gasteiger partial charge in [-0.25, -0.2) is 0 Å². The lowest BCUT2D eigenvalue weighted by Gasteiger charge is -2.31. The maximum absolute atomic E-state index is 13.3. The van der Waals surface area contributed by atoms with E-state index in [1.54, 1.807) is 30.1 Å². The molecule has 0 radical (unpaired) electrons. The standard InChI is InChI=1S/C22H26Cl2N2O2/c1-5-20(22(28)25-4)26(13-17-18(23)7-6-8-19(17)24)21(27)12-16-11-14(2)9-10-15(16)3/h6-11,20H,5,12-13H2,1-4H3,(H,25,28)/t20-/m1/s1. The molecule has 0 aliphatic carbocycles. The third-order valence-corrected chi connectivity index (χ3v) is 5.58. The number of halogens is 2. The number of aryl methyl sites for hydroxylation is 2. The van der Waals surface area contributed by atoms with Gasteiger partial charge in [0, 0.05) is 29.2 Å². The monoisotopic (exact) mass is 420 g/mol. The van der Waals surface area contributed by atoms with Crippen LogP contribution < -0.4 is 5.32 Å². The number of hydrogen-bond donors (Lipinski definition) is 1. The molecule has 4 nitrogen and oxygen atoms in total. The van der Waals surface area contributed by atoms with E-state index in [0.717, 1.165) is 16.7 Å². The predicted octanol–water partition coefficient (Wildman–Crippen LogP) is 4.71. The van der Waals surface area contributed by atoms with Crippen molar-refractivity contribution in [2.45, 2.75) is 46.2 Å². The molecule has 2 rings (SSSR count). The summed E-state index contributed by atoms with van der Waals surface area (Å²) in [7, 11) is 1.57. The van der Waals surface area contributed by atoms with Crippen LogP contribution in [0.5, 0.6) is 0 Å². The molecule has 0 aromatic heterocycles. The fraction of sp³-hybridized carbons (Fsp3) is 0.364. The van der Waals surface area contributed by atoms with E-state index in [0.29, 0.717) is 22.0 Å². The van der Waals surface area contributed by atoms with Gasteiger partial charge in [0.15, 0.2) is 0 Å². The summed E-state index contributed by atoms with van der Waals surface area (Å²) in [5, 5.41) is 3.60. The van der Waals surface area contributed by atoms with Gasteiger partial charge < -0.3 is 10.2 Å². The molecule has 1 N–H and O–H groups in total. The SMILES string of the molecule is CC[C@H](C(=O)NC)N(Cc1c(Cl)cccc1Cl)C(=O)Cc1cc(C)ccc1C. The molecule has 0 aliphatic heterocycles. The number of benzene rings is 2. The highest BCUT2D eigenvalue weighted by Crippen LogP contribution is 2.27. The van der Waals surface area contributed by atoms with E-state index in [4.69, 9.17) is 23.2 Å². The first-order chi connectivity index (χ1) is 13.3. The minimum absolute atomic E-state index is 0.139. The Morgan fingerprint density at radius 1 is 1.11 bits per heavy atom. The summed E-state index contributed by atoms with van der Waals surface area (Å²) in [4.78, 5) is 27.3. The Labute approximate surface area is 176 Å². The zero-order chi connectivity index (χ0) is 20.8. The van der Waals surface area contributed by atoms with Crippen molar-refractivity contribution >= 4 is 35.0 Å². The average Bonchev–Trinajstić information content (AvgIpc) is 2.66. The summed E-state index contributed by atoms with van der Waals surface area (Å²) in [6.07, 6.45) is 0.698. The van der Waals surface area contributed by atoms with E-state index in [-0.39, 0.29) is 24.8 Å². The van der Waals surface area contributed by atoms with Gasteiger partial charge in [0.05, 0.1) is 6.42 Å². The molecule has 0 fully saturated rings. The molecule has 2 aromatic carbocycles. The highest BCUT2D eigenvalue weighted by atomic mass is 35.5. The number of nitrogens with one attached hydrogen (secondary N) is 1. The summed E-state index contributed by atoms with van der Waals surface area (Å²) in [6, 6.07) is 10.7. The van der Waals surface area contributed by atoms with Gasteiger partial charge in [-0.1, -0.05) is 60.0 Å². The van der Waals surface area contributed by atoms with Gasteiger partial charge in [-0.3, -0.25) is 9.59 Å². The smallest absolute Gasteiger partial charge is 0.242 e. The van der Waals surface area contributed by atoms with E-state index in [1.165, 1.54) is 0 Å². The fourth-order valence-corrected chi connectivity index (χ4v) is 3.71. The minimum Gasteiger partial charge on any atom is -0.357 e. The van der Waals surface area contributed by atoms with Gasteiger partial charge in [0.25, 0.3) is 0 Å². The molecule has 2 amide bonds. The zero-order valence-electron chi connectivity index (χ0n) is 16.7. The second kappa shape index (κ2) is 9.94. The molecule has 2 aromatic rings. The number of likely N-dealkylation sites (N-methyl/N-ethyl adjacent to an activating group) is 1. The van der Waals surface area contributed by atoms with E-state index < -0.39 is 6.04 Å². The first-order valence-electron chi connectivity index (χ1n) is 9.28. The average molecular weight is 421 g/mol. The van der Waals surface area contributed by atoms with Crippen LogP contribution in [0, 0.1) is 13.8 Å². The van der Waals surface area contributed by atoms with Gasteiger partial charge in [0.2, 0.25) is 11.8 Å². The van der Waals surface area contributed by atoms with Crippen LogP contribution in [0.4, 0.5) is 0 Å². The Bertz CT molecular complexity index is 847. The molecule has 6 heteroatoms. The lowest BCUT2D eigenvalue weighted by Crippen LogP contribution is -2.48. The Hall–Kier alpha value is -2.04. The number of nitrogens with zero attached hydrogens (tertiary/aromatic N) is 1. The van der Waals surface area contributed by atoms with Crippen molar-refractivity contribution in [3.63, 3.8) is 0 Å². The molecule has 0 bridgehead atoms. The Morgan fingerprint density at radius 3 is 2.32 bits per heavy atom. The van der Waals surface area contributed by atoms with Gasteiger partial charge in [-0.15, -0.1) is 0 Å². The van der Waals surface area contributed by atoms with Gasteiger partial charge in [-0.2, -0.15) is 0 Å². The molecule has 0 spiro atoms. The van der Waals surface area contributed by atoms with Crippen molar-refractivity contribution in [3.05, 3.63) is 68.7 Å². The molecule has 1 atom stereocenters. The van der Waals surface area contributed by atoms with Gasteiger partial charge in [-0.05, 0) is 43.5 Å². The molecule has 28 heavy (non-hydrogen) atoms. The van der Waals surface area contributed by atoms with Crippen LogP contribution in [0.3, 0.4) is 0 Å². The first kappa shape index (κ1) is 22.3. The minimum atomic E-state index is -0.602. The second-order valence-electron chi connectivity index (χ2n) is 6.87. The highest BCUT2D eigenvalue weighted by Gasteiger charge is 2.29. The van der Waals surface area contributed by atoms with Crippen LogP contribution in [-0.4, -0.2) is 29.8 Å². The first-order valence-corrected chi connectivity index (χ1v) is 10.0. The largest absolute Gasteiger partial charge is 0.357 e. The lowest BCUT2D eigenvalue weighted by atomic mass is 10.0. The van der Waals surface area contributed by atoms with Crippen LogP contribution in [0.25, 0.3) is 0 Å². The molecular formula is C22H26Cl2N2O2. The number of carbonyl (C=O) groups is 2. The summed E-state index contributed by atoms with van der Waals surface area (Å²) in [5.74, 6) is -0.347. The van der Waals surface area contributed by atoms with Crippen molar-refractivity contribution in [2.75, 3.05) is 7.05 Å². The summed E-state index contributed by atoms with van der Waals surface area (Å²) < 4.78 is 0. The van der Waals surface area contributed by atoms with E-state index >= 15 is 0 Å². The quantitative estimate of drug-likeness (QED) is 0.704. The maximum Gasteiger partial charge on any atom is 0.242 e. The second-order valence-corrected chi connectivity index (χ2v) is 7.68. The molecule has 0 aliphatic rings. The van der Waals surface area contributed by atoms with Crippen LogP contribution in [0.1, 0.15) is 35.6 Å². The topological polar surface area (TPSA) is 49.4 Å². The summed E-state index contributed by atoms with van der Waals surface area (Å²) >= 11 is 12.6. The highest BCUT2D eigenvalue weighted by molar-refractivity contribution is 6.36. The Balaban J connectivity index is 2.40. The number of rotatable bonds is 7. The van der Waals surface area contributed by atoms with Crippen molar-refractivity contribution in [2.24, 2.45) is 0 Å². The van der Waals surface area contributed by atoms with E-state index in [1.807, 2.05) is 39.0 Å². The van der Waals surface area contributed by atoms with Crippen molar-refractivity contribution < 1.29 is 9.59 Å². The van der Waals surface area contributed by atoms with Gasteiger partial charge in [0.1, 0.15) is 6.04 Å². The molecule has 150 valence electrons. The normalized spacial score (nSPS) is 11.8. The number of hydrogen-bond acceptors (Lipinski definition) is 2. The predicted molar refractivity (Wildman–Crippen MR) is 115 cm³/mol. The van der Waals surface area contributed by atoms with E-state index in [2.05, 4.69) is 5.32 Å². The fourth-order valence-electron chi connectivity index (χ4n) is 3.20. The molecule has 0 unspecified atom stereocenters. The lowest BCUT2D eigenvalue weighted by molar-refractivity contribution is -0.140. The Morgan fingerprint density at radius 2 is 1.75 bits per heavy atom. The van der Waals surface area contributed by atoms with Crippen molar-refractivity contribution in [3.8, 4) is 0 Å². The maximum atomic E-state index is 13.3. The van der Waals surface area contributed by atoms with Crippen LogP contribution in [0.2, 0.25) is 10.0 Å². The van der Waals surface area contributed by atoms with Crippen molar-refractivity contribution in [1.29, 1.82) is 0 Å². The molecule has 0 saturated carbocycles. The Kier molecular flexibility index (Phi) is 7.90. The summed E-state index contributed by atoms with van der Waals surface area (Å²) in [5.41, 5.74) is 3.73. The molecular weight excluding hydrogens is 395 g/mol. The third kappa shape index (κ3) is 5.27. The van der Waals surface area contributed by atoms with Crippen molar-refractivity contribution in [1.82, 2.24) is 10.2 Å². The van der Waals surface area contributed by atoms with Gasteiger partial charge >= 0.3 is 0 Å². The number of amides is 2. The molecule has 0 heterocycles. The molecule has 0 saturated heterocycles. The zero-order valence-corrected chi connectivity index (χ0v) is 18.2. The van der Waals surface area contributed by atoms with Crippen LogP contribution in [0.15, 0.2) is 36.4 Å². The third-order valence-electron chi connectivity index (χ3n) is 4.87. The number of carbonyl (C=O) groups excluding carboxylic acids is 2. The van der Waals surface area contributed by atoms with Crippen LogP contribution >= 0.6 is 23.2 Å².